The van der Waals surface area contributed by atoms with Crippen molar-refractivity contribution in [2.75, 3.05) is 16.8 Å². The zero-order chi connectivity index (χ0) is 16.4. The number of nitrogens with zero attached hydrogens (tertiary/aromatic N) is 4. The molecular formula is C16H15N5O2. The minimum atomic E-state index is -0.423. The van der Waals surface area contributed by atoms with Crippen LogP contribution in [0, 0.1) is 17.2 Å². The van der Waals surface area contributed by atoms with Gasteiger partial charge in [0.2, 0.25) is 11.8 Å². The van der Waals surface area contributed by atoms with Crippen molar-refractivity contribution in [2.45, 2.75) is 6.42 Å². The van der Waals surface area contributed by atoms with Gasteiger partial charge in [-0.2, -0.15) is 10.4 Å². The van der Waals surface area contributed by atoms with Crippen molar-refractivity contribution in [1.82, 2.24) is 9.78 Å². The summed E-state index contributed by atoms with van der Waals surface area (Å²) in [5.74, 6) is -0.739. The van der Waals surface area contributed by atoms with E-state index in [0.29, 0.717) is 23.5 Å². The molecule has 0 radical (unpaired) electrons. The third-order valence-electron chi connectivity index (χ3n) is 3.76. The molecule has 0 unspecified atom stereocenters. The fraction of sp³-hybridized carbons (Fsp3) is 0.250. The van der Waals surface area contributed by atoms with Crippen molar-refractivity contribution in [3.05, 3.63) is 42.2 Å². The van der Waals surface area contributed by atoms with Crippen LogP contribution < -0.4 is 10.2 Å². The molecule has 1 aromatic heterocycles. The van der Waals surface area contributed by atoms with Crippen LogP contribution in [-0.4, -0.2) is 28.1 Å². The summed E-state index contributed by atoms with van der Waals surface area (Å²) in [6.07, 6.45) is 3.52. The van der Waals surface area contributed by atoms with Gasteiger partial charge in [0.25, 0.3) is 0 Å². The van der Waals surface area contributed by atoms with Crippen molar-refractivity contribution >= 4 is 23.2 Å². The lowest BCUT2D eigenvalue weighted by Crippen LogP contribution is -2.27. The van der Waals surface area contributed by atoms with Gasteiger partial charge in [-0.25, -0.2) is 0 Å². The SMILES string of the molecule is Cn1cc(N2C[C@@H](C(=O)Nc3cccc(C#N)c3)CC2=O)cn1. The van der Waals surface area contributed by atoms with E-state index in [1.807, 2.05) is 6.07 Å². The molecule has 2 heterocycles. The second-order valence-electron chi connectivity index (χ2n) is 5.46. The molecule has 1 aromatic carbocycles. The van der Waals surface area contributed by atoms with Gasteiger partial charge in [-0.1, -0.05) is 6.07 Å². The fourth-order valence-corrected chi connectivity index (χ4v) is 2.59. The minimum Gasteiger partial charge on any atom is -0.326 e. The number of hydrogen-bond acceptors (Lipinski definition) is 4. The van der Waals surface area contributed by atoms with Crippen LogP contribution in [-0.2, 0) is 16.6 Å². The van der Waals surface area contributed by atoms with Crippen LogP contribution in [0.25, 0.3) is 0 Å². The standard InChI is InChI=1S/C16H15N5O2/c1-20-10-14(8-18-20)21-9-12(6-15(21)22)16(23)19-13-4-2-3-11(5-13)7-17/h2-5,8,10,12H,6,9H2,1H3,(H,19,23)/t12-/m0/s1. The van der Waals surface area contributed by atoms with Crippen molar-refractivity contribution in [1.29, 1.82) is 5.26 Å². The van der Waals surface area contributed by atoms with Gasteiger partial charge in [0.15, 0.2) is 0 Å². The molecule has 0 bridgehead atoms. The average Bonchev–Trinajstić information content (AvgIpc) is 3.13. The van der Waals surface area contributed by atoms with Gasteiger partial charge in [-0.15, -0.1) is 0 Å². The first-order valence-electron chi connectivity index (χ1n) is 7.17. The summed E-state index contributed by atoms with van der Waals surface area (Å²) in [5, 5.41) is 15.7. The Morgan fingerprint density at radius 2 is 2.30 bits per heavy atom. The number of carbonyl (C=O) groups is 2. The maximum atomic E-state index is 12.3. The molecular weight excluding hydrogens is 294 g/mol. The number of rotatable bonds is 3. The number of nitrogens with one attached hydrogen (secondary N) is 1. The molecule has 0 saturated carbocycles. The molecule has 2 amide bonds. The summed E-state index contributed by atoms with van der Waals surface area (Å²) in [7, 11) is 1.77. The number of hydrogen-bond donors (Lipinski definition) is 1. The summed E-state index contributed by atoms with van der Waals surface area (Å²) in [6, 6.07) is 8.72. The second kappa shape index (κ2) is 5.93. The zero-order valence-corrected chi connectivity index (χ0v) is 12.6. The molecule has 1 N–H and O–H groups in total. The largest absolute Gasteiger partial charge is 0.326 e. The van der Waals surface area contributed by atoms with Crippen molar-refractivity contribution < 1.29 is 9.59 Å². The summed E-state index contributed by atoms with van der Waals surface area (Å²) < 4.78 is 1.61. The van der Waals surface area contributed by atoms with E-state index in [1.54, 1.807) is 53.3 Å². The normalized spacial score (nSPS) is 17.1. The number of carbonyl (C=O) groups excluding carboxylic acids is 2. The van der Waals surface area contributed by atoms with Gasteiger partial charge in [0.05, 0.1) is 29.4 Å². The Kier molecular flexibility index (Phi) is 3.81. The van der Waals surface area contributed by atoms with Gasteiger partial charge < -0.3 is 10.2 Å². The topological polar surface area (TPSA) is 91.0 Å². The Morgan fingerprint density at radius 1 is 1.48 bits per heavy atom. The van der Waals surface area contributed by atoms with Gasteiger partial charge >= 0.3 is 0 Å². The second-order valence-corrected chi connectivity index (χ2v) is 5.46. The average molecular weight is 309 g/mol. The number of anilines is 2. The first-order valence-corrected chi connectivity index (χ1v) is 7.17. The summed E-state index contributed by atoms with van der Waals surface area (Å²) in [6.45, 7) is 0.328. The smallest absolute Gasteiger partial charge is 0.229 e. The molecule has 3 rings (SSSR count). The first kappa shape index (κ1) is 14.8. The first-order chi connectivity index (χ1) is 11.1. The number of aryl methyl sites for hydroxylation is 1. The van der Waals surface area contributed by atoms with Crippen LogP contribution in [0.15, 0.2) is 36.7 Å². The molecule has 116 valence electrons. The Balaban J connectivity index is 1.69. The van der Waals surface area contributed by atoms with Crippen LogP contribution in [0.5, 0.6) is 0 Å². The van der Waals surface area contributed by atoms with E-state index in [-0.39, 0.29) is 18.2 Å². The highest BCUT2D eigenvalue weighted by Crippen LogP contribution is 2.25. The highest BCUT2D eigenvalue weighted by atomic mass is 16.2. The van der Waals surface area contributed by atoms with Gasteiger partial charge in [-0.05, 0) is 18.2 Å². The lowest BCUT2D eigenvalue weighted by atomic mass is 10.1. The van der Waals surface area contributed by atoms with Gasteiger partial charge in [-0.3, -0.25) is 14.3 Å². The molecule has 2 aromatic rings. The number of aromatic nitrogens is 2. The molecule has 1 aliphatic rings. The third kappa shape index (κ3) is 3.06. The Hall–Kier alpha value is -3.14. The lowest BCUT2D eigenvalue weighted by molar-refractivity contribution is -0.122. The van der Waals surface area contributed by atoms with E-state index in [1.165, 1.54) is 0 Å². The summed E-state index contributed by atoms with van der Waals surface area (Å²) >= 11 is 0. The van der Waals surface area contributed by atoms with Crippen molar-refractivity contribution in [3.8, 4) is 6.07 Å². The molecule has 1 atom stereocenters. The Morgan fingerprint density at radius 3 is 3.00 bits per heavy atom. The lowest BCUT2D eigenvalue weighted by Gasteiger charge is -2.14. The maximum absolute atomic E-state index is 12.3. The van der Waals surface area contributed by atoms with E-state index in [9.17, 15) is 9.59 Å². The predicted octanol–water partition coefficient (Wildman–Crippen LogP) is 1.28. The molecule has 1 fully saturated rings. The van der Waals surface area contributed by atoms with Crippen LogP contribution >= 0.6 is 0 Å². The van der Waals surface area contributed by atoms with E-state index >= 15 is 0 Å². The molecule has 7 nitrogen and oxygen atoms in total. The fourth-order valence-electron chi connectivity index (χ4n) is 2.59. The van der Waals surface area contributed by atoms with E-state index < -0.39 is 5.92 Å². The van der Waals surface area contributed by atoms with Crippen LogP contribution in [0.1, 0.15) is 12.0 Å². The molecule has 23 heavy (non-hydrogen) atoms. The van der Waals surface area contributed by atoms with Gasteiger partial charge in [0.1, 0.15) is 0 Å². The van der Waals surface area contributed by atoms with Gasteiger partial charge in [0, 0.05) is 31.9 Å². The maximum Gasteiger partial charge on any atom is 0.229 e. The molecule has 0 spiro atoms. The highest BCUT2D eigenvalue weighted by molar-refractivity contribution is 6.03. The monoisotopic (exact) mass is 309 g/mol. The molecule has 0 aliphatic carbocycles. The van der Waals surface area contributed by atoms with Crippen LogP contribution in [0.2, 0.25) is 0 Å². The van der Waals surface area contributed by atoms with E-state index in [4.69, 9.17) is 5.26 Å². The third-order valence-corrected chi connectivity index (χ3v) is 3.76. The summed E-state index contributed by atoms with van der Waals surface area (Å²) in [4.78, 5) is 26.0. The zero-order valence-electron chi connectivity index (χ0n) is 12.6. The number of benzene rings is 1. The highest BCUT2D eigenvalue weighted by Gasteiger charge is 2.35. The van der Waals surface area contributed by atoms with Crippen LogP contribution in [0.3, 0.4) is 0 Å². The van der Waals surface area contributed by atoms with Crippen molar-refractivity contribution in [3.63, 3.8) is 0 Å². The summed E-state index contributed by atoms with van der Waals surface area (Å²) in [5.41, 5.74) is 1.72. The van der Waals surface area contributed by atoms with Crippen molar-refractivity contribution in [2.24, 2.45) is 13.0 Å². The molecule has 1 saturated heterocycles. The quantitative estimate of drug-likeness (QED) is 0.924. The number of nitriles is 1. The van der Waals surface area contributed by atoms with E-state index in [0.717, 1.165) is 0 Å². The molecule has 1 aliphatic heterocycles. The molecule has 7 heteroatoms. The minimum absolute atomic E-state index is 0.0936. The van der Waals surface area contributed by atoms with Crippen LogP contribution in [0.4, 0.5) is 11.4 Å². The Labute approximate surface area is 133 Å². The Bertz CT molecular complexity index is 805. The number of amides is 2. The predicted molar refractivity (Wildman–Crippen MR) is 83.5 cm³/mol. The van der Waals surface area contributed by atoms with E-state index in [2.05, 4.69) is 10.4 Å².